The maximum absolute atomic E-state index is 10.8. The zero-order valence-electron chi connectivity index (χ0n) is 6.02. The molecule has 0 bridgehead atoms. The summed E-state index contributed by atoms with van der Waals surface area (Å²) in [6, 6.07) is 0. The van der Waals surface area contributed by atoms with E-state index >= 15 is 0 Å². The molecule has 5 heteroatoms. The molecule has 1 heterocycles. The lowest BCUT2D eigenvalue weighted by molar-refractivity contribution is 0.267. The second-order valence-corrected chi connectivity index (χ2v) is 3.94. The number of rotatable bonds is 5. The average molecular weight is 178 g/mol. The number of hydrogen-bond donors (Lipinski definition) is 0. The van der Waals surface area contributed by atoms with Gasteiger partial charge in [0.15, 0.2) is 0 Å². The fourth-order valence-electron chi connectivity index (χ4n) is 0.536. The molecular weight excluding hydrogens is 168 g/mol. The van der Waals surface area contributed by atoms with Crippen LogP contribution in [0.3, 0.4) is 0 Å². The Bertz CT molecular complexity index is 227. The molecule has 64 valence electrons. The lowest BCUT2D eigenvalue weighted by Gasteiger charge is -1.99. The van der Waals surface area contributed by atoms with Gasteiger partial charge in [-0.2, -0.15) is 8.42 Å². The van der Waals surface area contributed by atoms with Crippen molar-refractivity contribution >= 4 is 10.1 Å². The van der Waals surface area contributed by atoms with Gasteiger partial charge in [0.2, 0.25) is 0 Å². The first-order chi connectivity index (χ1) is 5.14. The van der Waals surface area contributed by atoms with E-state index in [0.717, 1.165) is 0 Å². The first-order valence-electron chi connectivity index (χ1n) is 3.23. The van der Waals surface area contributed by atoms with Crippen molar-refractivity contribution < 1.29 is 17.3 Å². The van der Waals surface area contributed by atoms with Gasteiger partial charge in [0.05, 0.1) is 19.0 Å². The largest absolute Gasteiger partial charge is 0.371 e. The van der Waals surface area contributed by atoms with Crippen LogP contribution in [0.4, 0.5) is 0 Å². The monoisotopic (exact) mass is 178 g/mol. The van der Waals surface area contributed by atoms with Crippen LogP contribution in [0.2, 0.25) is 0 Å². The van der Waals surface area contributed by atoms with E-state index < -0.39 is 10.1 Å². The average Bonchev–Trinajstić information content (AvgIpc) is 2.65. The molecule has 1 fully saturated rings. The van der Waals surface area contributed by atoms with Crippen LogP contribution in [0.5, 0.6) is 0 Å². The Hall–Kier alpha value is -0.390. The van der Waals surface area contributed by atoms with Gasteiger partial charge in [0.1, 0.15) is 6.10 Å². The van der Waals surface area contributed by atoms with E-state index in [0.29, 0.717) is 6.61 Å². The van der Waals surface area contributed by atoms with Gasteiger partial charge in [-0.25, -0.2) is 0 Å². The van der Waals surface area contributed by atoms with Crippen LogP contribution in [0.25, 0.3) is 0 Å². The van der Waals surface area contributed by atoms with Crippen molar-refractivity contribution in [3.8, 4) is 0 Å². The van der Waals surface area contributed by atoms with E-state index in [9.17, 15) is 8.42 Å². The molecule has 0 N–H and O–H groups in total. The number of hydrogen-bond acceptors (Lipinski definition) is 4. The number of ether oxygens (including phenoxy) is 1. The third-order valence-corrected chi connectivity index (χ3v) is 2.30. The third-order valence-electron chi connectivity index (χ3n) is 1.16. The van der Waals surface area contributed by atoms with Crippen LogP contribution >= 0.6 is 0 Å². The zero-order valence-corrected chi connectivity index (χ0v) is 6.84. The quantitative estimate of drug-likeness (QED) is 0.335. The normalized spacial score (nSPS) is 23.1. The minimum atomic E-state index is -3.38. The van der Waals surface area contributed by atoms with Gasteiger partial charge in [0, 0.05) is 0 Å². The highest BCUT2D eigenvalue weighted by molar-refractivity contribution is 7.86. The Morgan fingerprint density at radius 2 is 2.36 bits per heavy atom. The molecule has 0 aliphatic carbocycles. The Morgan fingerprint density at radius 1 is 1.73 bits per heavy atom. The first kappa shape index (κ1) is 8.70. The lowest BCUT2D eigenvalue weighted by Crippen LogP contribution is -2.12. The van der Waals surface area contributed by atoms with Crippen LogP contribution in [0.1, 0.15) is 0 Å². The predicted molar refractivity (Wildman–Crippen MR) is 39.7 cm³/mol. The van der Waals surface area contributed by atoms with Crippen LogP contribution < -0.4 is 0 Å². The summed E-state index contributed by atoms with van der Waals surface area (Å²) in [4.78, 5) is 0. The highest BCUT2D eigenvalue weighted by atomic mass is 32.2. The highest BCUT2D eigenvalue weighted by Gasteiger charge is 2.25. The molecule has 0 spiro atoms. The molecule has 0 saturated carbocycles. The van der Waals surface area contributed by atoms with Crippen molar-refractivity contribution in [2.24, 2.45) is 0 Å². The summed E-state index contributed by atoms with van der Waals surface area (Å²) in [6.45, 7) is 4.03. The van der Waals surface area contributed by atoms with E-state index in [-0.39, 0.29) is 18.5 Å². The van der Waals surface area contributed by atoms with Crippen LogP contribution in [0.15, 0.2) is 12.7 Å². The third kappa shape index (κ3) is 3.50. The van der Waals surface area contributed by atoms with Gasteiger partial charge < -0.3 is 4.74 Å². The molecule has 1 atom stereocenters. The topological polar surface area (TPSA) is 55.9 Å². The van der Waals surface area contributed by atoms with E-state index in [1.807, 2.05) is 0 Å². The molecule has 1 rings (SSSR count). The van der Waals surface area contributed by atoms with Crippen molar-refractivity contribution in [1.29, 1.82) is 0 Å². The van der Waals surface area contributed by atoms with Gasteiger partial charge in [0.25, 0.3) is 10.1 Å². The minimum absolute atomic E-state index is 0.0189. The molecule has 0 aromatic rings. The maximum Gasteiger partial charge on any atom is 0.271 e. The van der Waals surface area contributed by atoms with Gasteiger partial charge in [-0.1, -0.05) is 6.08 Å². The highest BCUT2D eigenvalue weighted by Crippen LogP contribution is 2.10. The molecule has 0 amide bonds. The summed E-state index contributed by atoms with van der Waals surface area (Å²) in [5.41, 5.74) is 0. The molecule has 1 saturated heterocycles. The van der Waals surface area contributed by atoms with Gasteiger partial charge in [-0.3, -0.25) is 4.18 Å². The Balaban J connectivity index is 2.26. The summed E-state index contributed by atoms with van der Waals surface area (Å²) in [5.74, 6) is -0.139. The second-order valence-electron chi connectivity index (χ2n) is 2.25. The SMILES string of the molecule is C=CCS(=O)(=O)OCC1CO1. The zero-order chi connectivity index (χ0) is 8.32. The van der Waals surface area contributed by atoms with Gasteiger partial charge >= 0.3 is 0 Å². The molecule has 1 unspecified atom stereocenters. The summed E-state index contributed by atoms with van der Waals surface area (Å²) < 4.78 is 31.0. The lowest BCUT2D eigenvalue weighted by atomic mass is 10.5. The van der Waals surface area contributed by atoms with E-state index in [1.165, 1.54) is 6.08 Å². The minimum Gasteiger partial charge on any atom is -0.371 e. The molecule has 0 aromatic carbocycles. The first-order valence-corrected chi connectivity index (χ1v) is 4.81. The van der Waals surface area contributed by atoms with Crippen molar-refractivity contribution in [2.45, 2.75) is 6.10 Å². The summed E-state index contributed by atoms with van der Waals surface area (Å²) >= 11 is 0. The fraction of sp³-hybridized carbons (Fsp3) is 0.667. The maximum atomic E-state index is 10.8. The van der Waals surface area contributed by atoms with E-state index in [1.54, 1.807) is 0 Å². The van der Waals surface area contributed by atoms with Gasteiger partial charge in [-0.15, -0.1) is 6.58 Å². The van der Waals surface area contributed by atoms with Crippen molar-refractivity contribution in [1.82, 2.24) is 0 Å². The fourth-order valence-corrected chi connectivity index (χ4v) is 1.28. The Kier molecular flexibility index (Phi) is 2.64. The van der Waals surface area contributed by atoms with E-state index in [4.69, 9.17) is 4.74 Å². The molecule has 4 nitrogen and oxygen atoms in total. The summed E-state index contributed by atoms with van der Waals surface area (Å²) in [7, 11) is -3.38. The standard InChI is InChI=1S/C6H10O4S/c1-2-3-11(7,8)10-5-6-4-9-6/h2,6H,1,3-5H2. The number of epoxide rings is 1. The molecule has 0 radical (unpaired) electrons. The van der Waals surface area contributed by atoms with Crippen molar-refractivity contribution in [3.05, 3.63) is 12.7 Å². The van der Waals surface area contributed by atoms with Crippen molar-refractivity contribution in [2.75, 3.05) is 19.0 Å². The smallest absolute Gasteiger partial charge is 0.271 e. The van der Waals surface area contributed by atoms with E-state index in [2.05, 4.69) is 10.8 Å². The second kappa shape index (κ2) is 3.34. The summed E-state index contributed by atoms with van der Waals surface area (Å²) in [6.07, 6.45) is 1.28. The molecule has 1 aliphatic rings. The van der Waals surface area contributed by atoms with Gasteiger partial charge in [-0.05, 0) is 0 Å². The molecular formula is C6H10O4S. The van der Waals surface area contributed by atoms with Crippen LogP contribution in [-0.2, 0) is 19.0 Å². The Labute approximate surface area is 65.9 Å². The molecule has 0 aromatic heterocycles. The van der Waals surface area contributed by atoms with Crippen LogP contribution in [0, 0.1) is 0 Å². The summed E-state index contributed by atoms with van der Waals surface area (Å²) in [5, 5.41) is 0. The molecule has 11 heavy (non-hydrogen) atoms. The predicted octanol–water partition coefficient (Wildman–Crippen LogP) is -0.0824. The Morgan fingerprint density at radius 3 is 2.82 bits per heavy atom. The van der Waals surface area contributed by atoms with Crippen LogP contribution in [-0.4, -0.2) is 33.5 Å². The van der Waals surface area contributed by atoms with Crippen molar-refractivity contribution in [3.63, 3.8) is 0 Å². The molecule has 1 aliphatic heterocycles.